The molecule has 3 rings (SSSR count). The number of hydrogen-bond donors (Lipinski definition) is 3. The summed E-state index contributed by atoms with van der Waals surface area (Å²) in [6, 6.07) is -2.71. The molecule has 3 heterocycles. The number of carbonyl (C=O) groups is 2. The van der Waals surface area contributed by atoms with Crippen LogP contribution in [0.4, 0.5) is 5.13 Å². The lowest BCUT2D eigenvalue weighted by Crippen LogP contribution is -2.68. The van der Waals surface area contributed by atoms with Crippen LogP contribution in [0, 0.1) is 0 Å². The summed E-state index contributed by atoms with van der Waals surface area (Å²) in [6.45, 7) is 0.180. The van der Waals surface area contributed by atoms with Gasteiger partial charge in [0, 0.05) is 11.9 Å². The van der Waals surface area contributed by atoms with E-state index < -0.39 is 40.2 Å². The van der Waals surface area contributed by atoms with Gasteiger partial charge in [-0.15, -0.1) is 11.3 Å². The quantitative estimate of drug-likeness (QED) is 0.432. The van der Waals surface area contributed by atoms with Crippen molar-refractivity contribution in [2.24, 2.45) is 5.73 Å². The van der Waals surface area contributed by atoms with E-state index in [0.29, 0.717) is 10.00 Å². The van der Waals surface area contributed by atoms with Crippen molar-refractivity contribution in [1.82, 2.24) is 14.2 Å². The molecule has 2 amide bonds. The van der Waals surface area contributed by atoms with E-state index in [1.165, 1.54) is 4.90 Å². The summed E-state index contributed by atoms with van der Waals surface area (Å²) in [6.07, 6.45) is 0.258. The normalized spacial score (nSPS) is 25.8. The lowest BCUT2D eigenvalue weighted by atomic mass is 10.00. The molecule has 2 aliphatic rings. The van der Waals surface area contributed by atoms with Crippen LogP contribution in [0.15, 0.2) is 5.38 Å². The molecule has 1 aromatic rings. The minimum absolute atomic E-state index is 0.180. The molecular weight excluding hydrogens is 334 g/mol. The van der Waals surface area contributed by atoms with Gasteiger partial charge in [0.15, 0.2) is 5.13 Å². The zero-order valence-electron chi connectivity index (χ0n) is 11.1. The molecule has 22 heavy (non-hydrogen) atoms. The minimum atomic E-state index is -4.60. The molecule has 2 aliphatic heterocycles. The van der Waals surface area contributed by atoms with E-state index in [0.717, 1.165) is 11.3 Å². The number of aromatic nitrogens is 1. The van der Waals surface area contributed by atoms with Crippen molar-refractivity contribution in [1.29, 1.82) is 0 Å². The summed E-state index contributed by atoms with van der Waals surface area (Å²) >= 11 is 1.14. The largest absolute Gasteiger partial charge is 0.375 e. The summed E-state index contributed by atoms with van der Waals surface area (Å²) in [5.41, 5.74) is 11.6. The highest BCUT2D eigenvalue weighted by atomic mass is 32.2. The Bertz CT molecular complexity index is 747. The number of β-lactam (4-membered cyclic amide) rings is 1. The third-order valence-electron chi connectivity index (χ3n) is 3.79. The summed E-state index contributed by atoms with van der Waals surface area (Å²) < 4.78 is 31.6. The molecule has 2 saturated heterocycles. The predicted molar refractivity (Wildman–Crippen MR) is 75.8 cm³/mol. The number of carbonyl (C=O) groups excluding carboxylic acids is 2. The van der Waals surface area contributed by atoms with Gasteiger partial charge in [-0.2, -0.15) is 8.42 Å². The Morgan fingerprint density at radius 1 is 1.55 bits per heavy atom. The highest BCUT2D eigenvalue weighted by Crippen LogP contribution is 2.36. The third-order valence-corrected chi connectivity index (χ3v) is 5.43. The van der Waals surface area contributed by atoms with Crippen LogP contribution >= 0.6 is 11.3 Å². The second kappa shape index (κ2) is 4.87. The molecule has 1 unspecified atom stereocenters. The van der Waals surface area contributed by atoms with Crippen LogP contribution in [0.25, 0.3) is 0 Å². The van der Waals surface area contributed by atoms with Crippen molar-refractivity contribution in [3.63, 3.8) is 0 Å². The zero-order valence-corrected chi connectivity index (χ0v) is 12.7. The second-order valence-electron chi connectivity index (χ2n) is 5.03. The van der Waals surface area contributed by atoms with E-state index in [4.69, 9.17) is 16.0 Å². The standard InChI is InChI=1S/C10H13N5O5S2/c11-6(4-3-21-10(12)13-4)8(16)14-2-1-5-7(14)9(17)15(5)22(18,19)20/h3,5-7H,1-2,11H2,(H2,12,13)(H,18,19,20)/t5-,6?,7+/m1/s1. The number of thiazole rings is 1. The number of amides is 2. The number of anilines is 1. The summed E-state index contributed by atoms with van der Waals surface area (Å²) in [4.78, 5) is 29.4. The lowest BCUT2D eigenvalue weighted by molar-refractivity contribution is -0.152. The monoisotopic (exact) mass is 347 g/mol. The van der Waals surface area contributed by atoms with E-state index in [-0.39, 0.29) is 18.1 Å². The Hall–Kier alpha value is -1.76. The molecule has 2 fully saturated rings. The minimum Gasteiger partial charge on any atom is -0.375 e. The van der Waals surface area contributed by atoms with Gasteiger partial charge in [0.05, 0.1) is 11.7 Å². The molecule has 0 saturated carbocycles. The molecule has 10 nitrogen and oxygen atoms in total. The smallest absolute Gasteiger partial charge is 0.362 e. The first-order valence-corrected chi connectivity index (χ1v) is 8.57. The molecular formula is C10H13N5O5S2. The number of nitrogens with two attached hydrogens (primary N) is 2. The average Bonchev–Trinajstić information content (AvgIpc) is 2.99. The summed E-state index contributed by atoms with van der Waals surface area (Å²) in [5.74, 6) is -1.36. The van der Waals surface area contributed by atoms with Gasteiger partial charge in [-0.1, -0.05) is 0 Å². The molecule has 0 spiro atoms. The van der Waals surface area contributed by atoms with Gasteiger partial charge in [-0.25, -0.2) is 9.29 Å². The first kappa shape index (κ1) is 15.1. The van der Waals surface area contributed by atoms with Crippen molar-refractivity contribution < 1.29 is 22.6 Å². The van der Waals surface area contributed by atoms with Crippen molar-refractivity contribution in [2.75, 3.05) is 12.3 Å². The first-order chi connectivity index (χ1) is 10.2. The van der Waals surface area contributed by atoms with Crippen LogP contribution in [-0.2, 0) is 19.9 Å². The third kappa shape index (κ3) is 2.15. The summed E-state index contributed by atoms with van der Waals surface area (Å²) in [7, 11) is -4.60. The molecule has 0 bridgehead atoms. The molecule has 120 valence electrons. The second-order valence-corrected chi connectivity index (χ2v) is 7.21. The number of rotatable bonds is 3. The predicted octanol–water partition coefficient (Wildman–Crippen LogP) is -1.66. The topological polar surface area (TPSA) is 160 Å². The van der Waals surface area contributed by atoms with E-state index in [1.54, 1.807) is 5.38 Å². The first-order valence-electron chi connectivity index (χ1n) is 6.29. The highest BCUT2D eigenvalue weighted by Gasteiger charge is 2.60. The Morgan fingerprint density at radius 2 is 2.23 bits per heavy atom. The molecule has 0 aliphatic carbocycles. The maximum absolute atomic E-state index is 12.4. The van der Waals surface area contributed by atoms with Crippen molar-refractivity contribution in [3.8, 4) is 0 Å². The maximum atomic E-state index is 12.4. The van der Waals surface area contributed by atoms with Crippen LogP contribution in [0.1, 0.15) is 18.2 Å². The SMILES string of the molecule is Nc1nc(C(N)C(=O)N2CC[C@@H]3[C@H]2C(=O)N3S(=O)(=O)O)cs1. The van der Waals surface area contributed by atoms with Gasteiger partial charge < -0.3 is 16.4 Å². The molecule has 0 aromatic carbocycles. The van der Waals surface area contributed by atoms with Gasteiger partial charge in [-0.3, -0.25) is 14.1 Å². The fourth-order valence-electron chi connectivity index (χ4n) is 2.81. The fraction of sp³-hybridized carbons (Fsp3) is 0.500. The number of likely N-dealkylation sites (tertiary alicyclic amines) is 1. The van der Waals surface area contributed by atoms with Crippen molar-refractivity contribution in [2.45, 2.75) is 24.5 Å². The molecule has 0 radical (unpaired) electrons. The van der Waals surface area contributed by atoms with Crippen LogP contribution in [0.5, 0.6) is 0 Å². The number of fused-ring (bicyclic) bond motifs is 1. The molecule has 1 aromatic heterocycles. The Kier molecular flexibility index (Phi) is 3.36. The Balaban J connectivity index is 1.78. The van der Waals surface area contributed by atoms with Crippen LogP contribution in [-0.4, -0.2) is 57.6 Å². The number of nitrogen functional groups attached to an aromatic ring is 1. The van der Waals surface area contributed by atoms with Gasteiger partial charge in [0.25, 0.3) is 5.91 Å². The number of nitrogens with zero attached hydrogens (tertiary/aromatic N) is 3. The lowest BCUT2D eigenvalue weighted by Gasteiger charge is -2.42. The van der Waals surface area contributed by atoms with Gasteiger partial charge in [0.2, 0.25) is 5.91 Å². The van der Waals surface area contributed by atoms with Crippen LogP contribution in [0.2, 0.25) is 0 Å². The fourth-order valence-corrected chi connectivity index (χ4v) is 4.31. The molecule has 5 N–H and O–H groups in total. The van der Waals surface area contributed by atoms with Gasteiger partial charge in [0.1, 0.15) is 12.1 Å². The average molecular weight is 347 g/mol. The van der Waals surface area contributed by atoms with E-state index >= 15 is 0 Å². The van der Waals surface area contributed by atoms with Gasteiger partial charge in [-0.05, 0) is 6.42 Å². The van der Waals surface area contributed by atoms with Gasteiger partial charge >= 0.3 is 10.3 Å². The molecule has 3 atom stereocenters. The van der Waals surface area contributed by atoms with Crippen molar-refractivity contribution >= 4 is 38.6 Å². The molecule has 12 heteroatoms. The van der Waals surface area contributed by atoms with Crippen LogP contribution in [0.3, 0.4) is 0 Å². The number of hydrogen-bond acceptors (Lipinski definition) is 8. The Morgan fingerprint density at radius 3 is 2.77 bits per heavy atom. The zero-order chi connectivity index (χ0) is 16.2. The van der Waals surface area contributed by atoms with Crippen molar-refractivity contribution in [3.05, 3.63) is 11.1 Å². The van der Waals surface area contributed by atoms with E-state index in [9.17, 15) is 18.0 Å². The Labute approximate surface area is 129 Å². The van der Waals surface area contributed by atoms with Crippen LogP contribution < -0.4 is 11.5 Å². The maximum Gasteiger partial charge on any atom is 0.362 e. The summed E-state index contributed by atoms with van der Waals surface area (Å²) in [5, 5.41) is 1.83. The highest BCUT2D eigenvalue weighted by molar-refractivity contribution is 7.84. The van der Waals surface area contributed by atoms with E-state index in [2.05, 4.69) is 4.98 Å². The van der Waals surface area contributed by atoms with E-state index in [1.807, 2.05) is 0 Å².